The minimum absolute atomic E-state index is 0. The third-order valence-corrected chi connectivity index (χ3v) is 1.49. The molecule has 0 aliphatic carbocycles. The van der Waals surface area contributed by atoms with E-state index >= 15 is 0 Å². The molecule has 0 saturated heterocycles. The highest BCUT2D eigenvalue weighted by Crippen LogP contribution is 2.10. The fourth-order valence-corrected chi connectivity index (χ4v) is 1.00. The number of phenolic OH excluding ortho intramolecular Hbond substituents is 1. The van der Waals surface area contributed by atoms with E-state index in [0.29, 0.717) is 5.75 Å². The van der Waals surface area contributed by atoms with Crippen LogP contribution >= 0.6 is 34.0 Å². The van der Waals surface area contributed by atoms with Gasteiger partial charge in [-0.05, 0) is 31.0 Å². The lowest BCUT2D eigenvalue weighted by molar-refractivity contribution is 0.475. The molecule has 0 saturated carbocycles. The van der Waals surface area contributed by atoms with Crippen LogP contribution in [0.1, 0.15) is 12.5 Å². The first kappa shape index (κ1) is 15.4. The molecule has 0 radical (unpaired) electrons. The van der Waals surface area contributed by atoms with E-state index in [2.05, 4.69) is 0 Å². The van der Waals surface area contributed by atoms with Crippen molar-refractivity contribution in [1.29, 1.82) is 0 Å². The molecule has 2 nitrogen and oxygen atoms in total. The number of nitrogens with two attached hydrogens (primary N) is 1. The summed E-state index contributed by atoms with van der Waals surface area (Å²) in [7, 11) is 0. The van der Waals surface area contributed by atoms with Gasteiger partial charge in [0.15, 0.2) is 0 Å². The van der Waals surface area contributed by atoms with E-state index < -0.39 is 0 Å². The molecule has 0 fully saturated rings. The highest BCUT2D eigenvalue weighted by Gasteiger charge is 1.96. The van der Waals surface area contributed by atoms with Crippen LogP contribution in [0.2, 0.25) is 0 Å². The van der Waals surface area contributed by atoms with E-state index in [1.54, 1.807) is 12.1 Å². The number of rotatable bonds is 2. The van der Waals surface area contributed by atoms with Crippen molar-refractivity contribution in [2.75, 3.05) is 0 Å². The second kappa shape index (κ2) is 7.35. The first-order valence-electron chi connectivity index (χ1n) is 3.72. The fraction of sp³-hybridized carbons (Fsp3) is 0.333. The van der Waals surface area contributed by atoms with Gasteiger partial charge in [-0.2, -0.15) is 0 Å². The van der Waals surface area contributed by atoms with Crippen LogP contribution in [0.25, 0.3) is 0 Å². The van der Waals surface area contributed by atoms with Gasteiger partial charge in [0.2, 0.25) is 0 Å². The van der Waals surface area contributed by atoms with Gasteiger partial charge < -0.3 is 10.8 Å². The van der Waals surface area contributed by atoms with E-state index in [1.165, 1.54) is 0 Å². The highest BCUT2D eigenvalue weighted by molar-refractivity contribution is 8.93. The quantitative estimate of drug-likeness (QED) is 0.881. The van der Waals surface area contributed by atoms with Crippen molar-refractivity contribution in [2.45, 2.75) is 19.4 Å². The Morgan fingerprint density at radius 3 is 2.08 bits per heavy atom. The molecule has 1 aromatic carbocycles. The Hall–Kier alpha value is -0.0600. The molecule has 1 unspecified atom stereocenters. The molecule has 76 valence electrons. The summed E-state index contributed by atoms with van der Waals surface area (Å²) in [5.41, 5.74) is 6.76. The summed E-state index contributed by atoms with van der Waals surface area (Å²) in [6, 6.07) is 7.31. The Kier molecular flexibility index (Phi) is 8.72. The van der Waals surface area contributed by atoms with Gasteiger partial charge in [-0.1, -0.05) is 12.1 Å². The summed E-state index contributed by atoms with van der Waals surface area (Å²) < 4.78 is 0. The lowest BCUT2D eigenvalue weighted by atomic mass is 10.1. The molecule has 1 rings (SSSR count). The van der Waals surface area contributed by atoms with Crippen LogP contribution in [0, 0.1) is 0 Å². The van der Waals surface area contributed by atoms with Crippen LogP contribution in [0.15, 0.2) is 24.3 Å². The first-order chi connectivity index (χ1) is 5.18. The molecule has 0 spiro atoms. The minimum Gasteiger partial charge on any atom is -0.508 e. The van der Waals surface area contributed by atoms with Crippen LogP contribution in [-0.4, -0.2) is 11.1 Å². The van der Waals surface area contributed by atoms with Crippen molar-refractivity contribution in [3.05, 3.63) is 29.8 Å². The van der Waals surface area contributed by atoms with Crippen LogP contribution in [0.3, 0.4) is 0 Å². The highest BCUT2D eigenvalue weighted by atomic mass is 79.9. The van der Waals surface area contributed by atoms with Crippen LogP contribution in [0.4, 0.5) is 0 Å². The van der Waals surface area contributed by atoms with E-state index in [4.69, 9.17) is 10.8 Å². The van der Waals surface area contributed by atoms with E-state index in [-0.39, 0.29) is 40.0 Å². The number of hydrogen-bond acceptors (Lipinski definition) is 2. The number of hydrogen-bond donors (Lipinski definition) is 2. The summed E-state index contributed by atoms with van der Waals surface area (Å²) >= 11 is 0. The Balaban J connectivity index is 0. The van der Waals surface area contributed by atoms with Gasteiger partial charge in [-0.15, -0.1) is 34.0 Å². The second-order valence-electron chi connectivity index (χ2n) is 2.85. The van der Waals surface area contributed by atoms with Gasteiger partial charge in [0.1, 0.15) is 5.75 Å². The van der Waals surface area contributed by atoms with Gasteiger partial charge in [0, 0.05) is 6.04 Å². The van der Waals surface area contributed by atoms with Crippen molar-refractivity contribution in [3.8, 4) is 5.75 Å². The Labute approximate surface area is 99.7 Å². The molecular weight excluding hydrogens is 298 g/mol. The average molecular weight is 313 g/mol. The van der Waals surface area contributed by atoms with Crippen LogP contribution in [-0.2, 0) is 6.42 Å². The average Bonchev–Trinajstić information content (AvgIpc) is 1.93. The first-order valence-corrected chi connectivity index (χ1v) is 3.72. The molecule has 0 aliphatic heterocycles. The molecular formula is C9H15Br2NO. The number of halogens is 2. The summed E-state index contributed by atoms with van der Waals surface area (Å²) in [4.78, 5) is 0. The van der Waals surface area contributed by atoms with E-state index in [9.17, 15) is 0 Å². The zero-order valence-electron chi connectivity index (χ0n) is 7.43. The molecule has 0 heterocycles. The van der Waals surface area contributed by atoms with Crippen molar-refractivity contribution < 1.29 is 5.11 Å². The molecule has 4 heteroatoms. The zero-order chi connectivity index (χ0) is 8.27. The Bertz CT molecular complexity index is 224. The largest absolute Gasteiger partial charge is 0.508 e. The van der Waals surface area contributed by atoms with Gasteiger partial charge in [-0.3, -0.25) is 0 Å². The predicted octanol–water partition coefficient (Wildman–Crippen LogP) is 2.44. The standard InChI is InChI=1S/C9H13NO.2BrH/c1-7(10)6-8-2-4-9(11)5-3-8;;/h2-5,7,11H,6,10H2,1H3;2*1H. The maximum absolute atomic E-state index is 8.96. The van der Waals surface area contributed by atoms with Gasteiger partial charge in [0.05, 0.1) is 0 Å². The van der Waals surface area contributed by atoms with E-state index in [0.717, 1.165) is 12.0 Å². The predicted molar refractivity (Wildman–Crippen MR) is 66.1 cm³/mol. The number of aromatic hydroxyl groups is 1. The topological polar surface area (TPSA) is 46.2 Å². The van der Waals surface area contributed by atoms with Gasteiger partial charge in [0.25, 0.3) is 0 Å². The van der Waals surface area contributed by atoms with E-state index in [1.807, 2.05) is 19.1 Å². The van der Waals surface area contributed by atoms with Crippen molar-refractivity contribution in [2.24, 2.45) is 5.73 Å². The Morgan fingerprint density at radius 1 is 1.23 bits per heavy atom. The van der Waals surface area contributed by atoms with Crippen molar-refractivity contribution >= 4 is 34.0 Å². The molecule has 0 amide bonds. The molecule has 0 aliphatic rings. The lowest BCUT2D eigenvalue weighted by Crippen LogP contribution is -2.17. The third kappa shape index (κ3) is 6.07. The zero-order valence-corrected chi connectivity index (χ0v) is 10.9. The summed E-state index contributed by atoms with van der Waals surface area (Å²) in [6.45, 7) is 1.97. The summed E-state index contributed by atoms with van der Waals surface area (Å²) in [6.07, 6.45) is 0.861. The van der Waals surface area contributed by atoms with Gasteiger partial charge >= 0.3 is 0 Å². The Morgan fingerprint density at radius 2 is 1.69 bits per heavy atom. The SMILES string of the molecule is Br.Br.CC(N)Cc1ccc(O)cc1. The molecule has 3 N–H and O–H groups in total. The molecule has 13 heavy (non-hydrogen) atoms. The maximum Gasteiger partial charge on any atom is 0.115 e. The molecule has 0 aromatic heterocycles. The van der Waals surface area contributed by atoms with Crippen LogP contribution < -0.4 is 5.73 Å². The maximum atomic E-state index is 8.96. The summed E-state index contributed by atoms with van der Waals surface area (Å²) in [5.74, 6) is 0.304. The van der Waals surface area contributed by atoms with Crippen molar-refractivity contribution in [3.63, 3.8) is 0 Å². The summed E-state index contributed by atoms with van der Waals surface area (Å²) in [5, 5.41) is 8.96. The normalized spacial score (nSPS) is 10.9. The number of phenols is 1. The second-order valence-corrected chi connectivity index (χ2v) is 2.85. The monoisotopic (exact) mass is 311 g/mol. The molecule has 1 aromatic rings. The minimum atomic E-state index is 0. The number of benzene rings is 1. The lowest BCUT2D eigenvalue weighted by Gasteiger charge is -2.03. The van der Waals surface area contributed by atoms with Crippen LogP contribution in [0.5, 0.6) is 5.75 Å². The van der Waals surface area contributed by atoms with Crippen molar-refractivity contribution in [1.82, 2.24) is 0 Å². The smallest absolute Gasteiger partial charge is 0.115 e. The van der Waals surface area contributed by atoms with Gasteiger partial charge in [-0.25, -0.2) is 0 Å². The molecule has 0 bridgehead atoms. The fourth-order valence-electron chi connectivity index (χ4n) is 1.00. The third-order valence-electron chi connectivity index (χ3n) is 1.49. The molecule has 1 atom stereocenters.